The molecule has 0 saturated heterocycles. The number of nitrogens with zero attached hydrogens (tertiary/aromatic N) is 2. The molecule has 3 aromatic rings. The zero-order valence-corrected chi connectivity index (χ0v) is 11.3. The summed E-state index contributed by atoms with van der Waals surface area (Å²) in [7, 11) is 0. The van der Waals surface area contributed by atoms with Crippen molar-refractivity contribution < 1.29 is 0 Å². The van der Waals surface area contributed by atoms with E-state index in [2.05, 4.69) is 28.3 Å². The number of aryl methyl sites for hydroxylation is 1. The van der Waals surface area contributed by atoms with Crippen LogP contribution < -0.4 is 11.1 Å². The molecule has 0 bridgehead atoms. The number of pyridine rings is 2. The Morgan fingerprint density at radius 1 is 1.05 bits per heavy atom. The van der Waals surface area contributed by atoms with Crippen molar-refractivity contribution in [2.24, 2.45) is 0 Å². The standard InChI is InChI=1S/C16H16N4/c1-11-4-2-8-19-15(11)10-20-14-7-6-13-12(16(14)17)5-3-9-18-13/h2-9,20H,10,17H2,1H3. The van der Waals surface area contributed by atoms with E-state index in [1.165, 1.54) is 5.56 Å². The molecule has 0 fully saturated rings. The Balaban J connectivity index is 1.88. The molecule has 0 aliphatic rings. The SMILES string of the molecule is Cc1cccnc1CNc1ccc2ncccc2c1N. The fourth-order valence-corrected chi connectivity index (χ4v) is 2.21. The first-order valence-electron chi connectivity index (χ1n) is 6.53. The molecule has 3 N–H and O–H groups in total. The third-order valence-electron chi connectivity index (χ3n) is 3.39. The molecule has 0 radical (unpaired) electrons. The molecule has 3 rings (SSSR count). The van der Waals surface area contributed by atoms with Gasteiger partial charge >= 0.3 is 0 Å². The lowest BCUT2D eigenvalue weighted by molar-refractivity contribution is 1.02. The Kier molecular flexibility index (Phi) is 3.21. The molecule has 20 heavy (non-hydrogen) atoms. The molecule has 0 saturated carbocycles. The van der Waals surface area contributed by atoms with E-state index >= 15 is 0 Å². The summed E-state index contributed by atoms with van der Waals surface area (Å²) in [6.45, 7) is 2.71. The minimum absolute atomic E-state index is 0.655. The van der Waals surface area contributed by atoms with Gasteiger partial charge in [-0.15, -0.1) is 0 Å². The van der Waals surface area contributed by atoms with Crippen LogP contribution in [0.1, 0.15) is 11.3 Å². The number of nitrogens with two attached hydrogens (primary N) is 1. The van der Waals surface area contributed by atoms with Crippen molar-refractivity contribution in [1.82, 2.24) is 9.97 Å². The van der Waals surface area contributed by atoms with E-state index in [-0.39, 0.29) is 0 Å². The molecule has 2 aromatic heterocycles. The Hall–Kier alpha value is -2.62. The summed E-state index contributed by atoms with van der Waals surface area (Å²) >= 11 is 0. The Labute approximate surface area is 117 Å². The van der Waals surface area contributed by atoms with Crippen LogP contribution in [-0.2, 0) is 6.54 Å². The van der Waals surface area contributed by atoms with E-state index < -0.39 is 0 Å². The maximum absolute atomic E-state index is 6.20. The van der Waals surface area contributed by atoms with Gasteiger partial charge in [-0.25, -0.2) is 0 Å². The van der Waals surface area contributed by atoms with E-state index in [0.717, 1.165) is 28.0 Å². The van der Waals surface area contributed by atoms with Gasteiger partial charge in [-0.05, 0) is 42.8 Å². The van der Waals surface area contributed by atoms with Gasteiger partial charge in [0, 0.05) is 17.8 Å². The molecule has 2 heterocycles. The van der Waals surface area contributed by atoms with Crippen LogP contribution in [0.5, 0.6) is 0 Å². The van der Waals surface area contributed by atoms with E-state index in [0.29, 0.717) is 6.54 Å². The summed E-state index contributed by atoms with van der Waals surface area (Å²) in [5.41, 5.74) is 10.9. The number of benzene rings is 1. The molecule has 0 spiro atoms. The average molecular weight is 264 g/mol. The smallest absolute Gasteiger partial charge is 0.0724 e. The summed E-state index contributed by atoms with van der Waals surface area (Å²) in [4.78, 5) is 8.67. The summed E-state index contributed by atoms with van der Waals surface area (Å²) in [6.07, 6.45) is 3.57. The number of hydrogen-bond acceptors (Lipinski definition) is 4. The predicted octanol–water partition coefficient (Wildman–Crippen LogP) is 3.13. The normalized spacial score (nSPS) is 10.7. The van der Waals surface area contributed by atoms with Crippen molar-refractivity contribution in [2.75, 3.05) is 11.1 Å². The van der Waals surface area contributed by atoms with Gasteiger partial charge in [-0.1, -0.05) is 6.07 Å². The van der Waals surface area contributed by atoms with Gasteiger partial charge in [0.15, 0.2) is 0 Å². The largest absolute Gasteiger partial charge is 0.397 e. The van der Waals surface area contributed by atoms with Crippen LogP contribution in [0, 0.1) is 6.92 Å². The maximum atomic E-state index is 6.20. The van der Waals surface area contributed by atoms with Crippen LogP contribution >= 0.6 is 0 Å². The number of fused-ring (bicyclic) bond motifs is 1. The number of aromatic nitrogens is 2. The highest BCUT2D eigenvalue weighted by Gasteiger charge is 2.05. The molecule has 0 amide bonds. The van der Waals surface area contributed by atoms with Crippen LogP contribution in [-0.4, -0.2) is 9.97 Å². The first-order chi connectivity index (χ1) is 9.75. The topological polar surface area (TPSA) is 63.8 Å². The summed E-state index contributed by atoms with van der Waals surface area (Å²) in [6, 6.07) is 11.8. The molecule has 4 nitrogen and oxygen atoms in total. The lowest BCUT2D eigenvalue weighted by atomic mass is 10.1. The van der Waals surface area contributed by atoms with Gasteiger partial charge in [0.2, 0.25) is 0 Å². The highest BCUT2D eigenvalue weighted by molar-refractivity contribution is 5.96. The van der Waals surface area contributed by atoms with Gasteiger partial charge in [0.05, 0.1) is 29.1 Å². The highest BCUT2D eigenvalue weighted by atomic mass is 14.9. The maximum Gasteiger partial charge on any atom is 0.0724 e. The quantitative estimate of drug-likeness (QED) is 0.713. The third kappa shape index (κ3) is 2.28. The van der Waals surface area contributed by atoms with Crippen LogP contribution in [0.25, 0.3) is 10.9 Å². The predicted molar refractivity (Wildman–Crippen MR) is 82.5 cm³/mol. The van der Waals surface area contributed by atoms with Crippen LogP contribution in [0.2, 0.25) is 0 Å². The summed E-state index contributed by atoms with van der Waals surface area (Å²) in [5, 5.41) is 4.31. The van der Waals surface area contributed by atoms with Gasteiger partial charge in [0.25, 0.3) is 0 Å². The fraction of sp³-hybridized carbons (Fsp3) is 0.125. The minimum Gasteiger partial charge on any atom is -0.397 e. The molecular weight excluding hydrogens is 248 g/mol. The van der Waals surface area contributed by atoms with Gasteiger partial charge in [0.1, 0.15) is 0 Å². The van der Waals surface area contributed by atoms with Crippen molar-refractivity contribution in [1.29, 1.82) is 0 Å². The highest BCUT2D eigenvalue weighted by Crippen LogP contribution is 2.27. The number of hydrogen-bond donors (Lipinski definition) is 2. The third-order valence-corrected chi connectivity index (χ3v) is 3.39. The lowest BCUT2D eigenvalue weighted by Gasteiger charge is -2.12. The van der Waals surface area contributed by atoms with Crippen molar-refractivity contribution in [3.05, 3.63) is 60.0 Å². The summed E-state index contributed by atoms with van der Waals surface area (Å²) in [5.74, 6) is 0. The monoisotopic (exact) mass is 264 g/mol. The number of anilines is 2. The Morgan fingerprint density at radius 2 is 1.85 bits per heavy atom. The summed E-state index contributed by atoms with van der Waals surface area (Å²) < 4.78 is 0. The second kappa shape index (κ2) is 5.17. The number of nitrogen functional groups attached to an aromatic ring is 1. The van der Waals surface area contributed by atoms with Gasteiger partial charge in [-0.3, -0.25) is 9.97 Å². The molecule has 4 heteroatoms. The first-order valence-corrected chi connectivity index (χ1v) is 6.53. The Bertz CT molecular complexity index is 752. The van der Waals surface area contributed by atoms with Crippen LogP contribution in [0.4, 0.5) is 11.4 Å². The molecule has 0 aliphatic carbocycles. The molecule has 1 aromatic carbocycles. The van der Waals surface area contributed by atoms with Crippen molar-refractivity contribution in [3.63, 3.8) is 0 Å². The average Bonchev–Trinajstić information content (AvgIpc) is 2.48. The second-order valence-electron chi connectivity index (χ2n) is 4.72. The molecular formula is C16H16N4. The van der Waals surface area contributed by atoms with Gasteiger partial charge < -0.3 is 11.1 Å². The zero-order chi connectivity index (χ0) is 13.9. The molecule has 0 aliphatic heterocycles. The van der Waals surface area contributed by atoms with Gasteiger partial charge in [-0.2, -0.15) is 0 Å². The van der Waals surface area contributed by atoms with Crippen LogP contribution in [0.15, 0.2) is 48.8 Å². The molecule has 0 unspecified atom stereocenters. The zero-order valence-electron chi connectivity index (χ0n) is 11.3. The number of nitrogens with one attached hydrogen (secondary N) is 1. The lowest BCUT2D eigenvalue weighted by Crippen LogP contribution is -2.05. The van der Waals surface area contributed by atoms with Crippen molar-refractivity contribution >= 4 is 22.3 Å². The second-order valence-corrected chi connectivity index (χ2v) is 4.72. The first kappa shape index (κ1) is 12.4. The molecule has 100 valence electrons. The molecule has 0 atom stereocenters. The van der Waals surface area contributed by atoms with Crippen molar-refractivity contribution in [3.8, 4) is 0 Å². The van der Waals surface area contributed by atoms with E-state index in [1.807, 2.05) is 30.3 Å². The van der Waals surface area contributed by atoms with E-state index in [4.69, 9.17) is 5.73 Å². The van der Waals surface area contributed by atoms with Crippen molar-refractivity contribution in [2.45, 2.75) is 13.5 Å². The number of rotatable bonds is 3. The van der Waals surface area contributed by atoms with Crippen LogP contribution in [0.3, 0.4) is 0 Å². The van der Waals surface area contributed by atoms with E-state index in [1.54, 1.807) is 12.4 Å². The van der Waals surface area contributed by atoms with E-state index in [9.17, 15) is 0 Å². The fourth-order valence-electron chi connectivity index (χ4n) is 2.21. The Morgan fingerprint density at radius 3 is 2.70 bits per heavy atom. The minimum atomic E-state index is 0.655.